The lowest BCUT2D eigenvalue weighted by molar-refractivity contribution is -0.382. The van der Waals surface area contributed by atoms with Crippen molar-refractivity contribution >= 4 is 20.2 Å². The molecule has 52 heavy (non-hydrogen) atoms. The van der Waals surface area contributed by atoms with E-state index in [0.717, 1.165) is 24.3 Å². The van der Waals surface area contributed by atoms with Crippen molar-refractivity contribution in [3.05, 3.63) is 72.2 Å². The first kappa shape index (κ1) is 44.8. The summed E-state index contributed by atoms with van der Waals surface area (Å²) < 4.78 is 304. The molecular weight excluding hydrogens is 814 g/mol. The molecule has 1 aromatic rings. The van der Waals surface area contributed by atoms with Gasteiger partial charge in [-0.05, 0) is 30.6 Å². The van der Waals surface area contributed by atoms with Crippen molar-refractivity contribution in [2.75, 3.05) is 0 Å². The molecule has 0 saturated heterocycles. The van der Waals surface area contributed by atoms with Gasteiger partial charge in [0.1, 0.15) is 11.5 Å². The van der Waals surface area contributed by atoms with Crippen LogP contribution in [0.1, 0.15) is 25.8 Å². The summed E-state index contributed by atoms with van der Waals surface area (Å²) in [6.07, 6.45) is -16.9. The number of alkyl halides is 18. The molecule has 6 nitrogen and oxygen atoms in total. The summed E-state index contributed by atoms with van der Waals surface area (Å²) in [5.74, 6) is -35.4. The predicted octanol–water partition coefficient (Wildman–Crippen LogP) is 9.14. The molecule has 1 aromatic carbocycles. The fraction of sp³-hybridized carbons (Fsp3) is 0.538. The summed E-state index contributed by atoms with van der Waals surface area (Å²) in [4.78, 5) is 0. The van der Waals surface area contributed by atoms with Crippen LogP contribution in [0.15, 0.2) is 66.7 Å². The van der Waals surface area contributed by atoms with Crippen LogP contribution in [0.2, 0.25) is 0 Å². The summed E-state index contributed by atoms with van der Waals surface area (Å²) in [5.41, 5.74) is -6.02. The van der Waals surface area contributed by atoms with E-state index in [9.17, 15) is 95.9 Å². The van der Waals surface area contributed by atoms with Gasteiger partial charge >= 0.3 is 66.8 Å². The molecule has 0 saturated carbocycles. The third-order valence-corrected chi connectivity index (χ3v) is 9.62. The molecule has 0 spiro atoms. The smallest absolute Gasteiger partial charge is 0.382 e. The molecule has 298 valence electrons. The molecule has 26 heteroatoms. The molecule has 0 bridgehead atoms. The molecule has 0 radical (unpaired) electrons. The Morgan fingerprint density at radius 3 is 1.21 bits per heavy atom. The normalized spacial score (nSPS) is 18.3. The summed E-state index contributed by atoms with van der Waals surface area (Å²) >= 11 is 0. The van der Waals surface area contributed by atoms with Crippen molar-refractivity contribution in [2.45, 2.75) is 73.2 Å². The lowest BCUT2D eigenvalue weighted by Gasteiger charge is -2.42. The van der Waals surface area contributed by atoms with Crippen molar-refractivity contribution in [3.63, 3.8) is 0 Å². The van der Waals surface area contributed by atoms with Crippen LogP contribution in [-0.4, -0.2) is 63.4 Å². The van der Waals surface area contributed by atoms with Gasteiger partial charge in [-0.15, -0.1) is 6.58 Å². The Hall–Kier alpha value is -3.32. The first-order chi connectivity index (χ1) is 22.8. The fourth-order valence-corrected chi connectivity index (χ4v) is 6.32. The average Bonchev–Trinajstić information content (AvgIpc) is 2.93. The van der Waals surface area contributed by atoms with Crippen LogP contribution in [-0.2, 0) is 35.0 Å². The Bertz CT molecular complexity index is 1690. The topological polar surface area (TPSA) is 86.7 Å². The van der Waals surface area contributed by atoms with E-state index in [-0.39, 0.29) is 17.7 Å². The van der Waals surface area contributed by atoms with Crippen LogP contribution < -0.4 is 0 Å². The highest BCUT2D eigenvalue weighted by Gasteiger charge is 2.87. The zero-order chi connectivity index (χ0) is 41.2. The summed E-state index contributed by atoms with van der Waals surface area (Å²) in [6.45, 7) is 4.46. The molecule has 0 unspecified atom stereocenters. The van der Waals surface area contributed by atoms with Gasteiger partial charge in [-0.2, -0.15) is 95.9 Å². The van der Waals surface area contributed by atoms with E-state index in [2.05, 4.69) is 14.9 Å². The number of allylic oxidation sites excluding steroid dienone is 3. The van der Waals surface area contributed by atoms with Crippen LogP contribution in [0, 0.1) is 10.8 Å². The van der Waals surface area contributed by atoms with Crippen molar-refractivity contribution in [1.82, 2.24) is 0 Å². The van der Waals surface area contributed by atoms with Crippen LogP contribution in [0.25, 0.3) is 0 Å². The highest BCUT2D eigenvalue weighted by molar-refractivity contribution is 7.88. The van der Waals surface area contributed by atoms with E-state index in [1.165, 1.54) is 6.07 Å². The number of benzene rings is 1. The Labute approximate surface area is 281 Å². The van der Waals surface area contributed by atoms with Crippen molar-refractivity contribution in [1.29, 1.82) is 0 Å². The van der Waals surface area contributed by atoms with Gasteiger partial charge < -0.3 is 8.37 Å². The first-order valence-corrected chi connectivity index (χ1v) is 16.0. The molecule has 0 aliphatic heterocycles. The van der Waals surface area contributed by atoms with E-state index in [1.807, 2.05) is 0 Å². The summed E-state index contributed by atoms with van der Waals surface area (Å²) in [5, 5.41) is -15.2. The molecule has 0 fully saturated rings. The minimum absolute atomic E-state index is 0.219. The second-order valence-electron chi connectivity index (χ2n) is 11.5. The number of hydrogen-bond acceptors (Lipinski definition) is 6. The Morgan fingerprint density at radius 2 is 0.923 bits per heavy atom. The van der Waals surface area contributed by atoms with Crippen molar-refractivity contribution in [3.8, 4) is 0 Å². The third kappa shape index (κ3) is 7.03. The maximum absolute atomic E-state index is 14.7. The SMILES string of the molecule is C=CCC1(Cc2ccccc2)C(OS(=O)(=O)C(F)(F)C(F)(F)C(F)(F)C(F)(F)F)=CC(C)(C)C=C1OS(=O)(=O)C(F)(F)C(F)(F)C(F)(F)C(F)(F)F. The molecule has 0 amide bonds. The Balaban J connectivity index is 2.97. The third-order valence-electron chi connectivity index (χ3n) is 7.05. The molecule has 2 rings (SSSR count). The van der Waals surface area contributed by atoms with Gasteiger partial charge in [0.2, 0.25) is 0 Å². The molecular formula is C26H20F18O6S2. The van der Waals surface area contributed by atoms with Crippen LogP contribution in [0.4, 0.5) is 79.0 Å². The maximum atomic E-state index is 14.7. The largest absolute Gasteiger partial charge is 0.460 e. The second-order valence-corrected chi connectivity index (χ2v) is 14.7. The molecule has 0 N–H and O–H groups in total. The van der Waals surface area contributed by atoms with E-state index >= 15 is 0 Å². The second kappa shape index (κ2) is 12.9. The minimum Gasteiger partial charge on any atom is -0.382 e. The van der Waals surface area contributed by atoms with Gasteiger partial charge in [0, 0.05) is 5.41 Å². The van der Waals surface area contributed by atoms with Crippen LogP contribution in [0.3, 0.4) is 0 Å². The zero-order valence-electron chi connectivity index (χ0n) is 25.3. The van der Waals surface area contributed by atoms with Gasteiger partial charge in [0.05, 0.1) is 5.41 Å². The first-order valence-electron chi connectivity index (χ1n) is 13.2. The van der Waals surface area contributed by atoms with Crippen molar-refractivity contribution in [2.24, 2.45) is 10.8 Å². The average molecular weight is 835 g/mol. The minimum atomic E-state index is -7.94. The lowest BCUT2D eigenvalue weighted by Crippen LogP contribution is -2.63. The zero-order valence-corrected chi connectivity index (χ0v) is 26.9. The maximum Gasteiger partial charge on any atom is 0.460 e. The standard InChI is InChI=1S/C26H20F18O6S2/c1-4-10-18(11-14-8-6-5-7-9-14)15(49-51(45,46)25(41,42)21(31,32)19(27,28)23(35,36)37)12-17(2,3)13-16(18)50-52(47,48)26(43,44)22(33,34)20(29,30)24(38,39)40/h4-9,12-13H,1,10-11H2,2-3H3. The van der Waals surface area contributed by atoms with Crippen LogP contribution >= 0.6 is 0 Å². The summed E-state index contributed by atoms with van der Waals surface area (Å²) in [7, 11) is -15.9. The van der Waals surface area contributed by atoms with Gasteiger partial charge in [0.15, 0.2) is 0 Å². The lowest BCUT2D eigenvalue weighted by atomic mass is 9.68. The number of halogens is 18. The summed E-state index contributed by atoms with van der Waals surface area (Å²) in [6, 6.07) is 5.32. The Kier molecular flexibility index (Phi) is 11.1. The van der Waals surface area contributed by atoms with E-state index in [0.29, 0.717) is 19.9 Å². The fourth-order valence-electron chi connectivity index (χ4n) is 4.34. The number of rotatable bonds is 14. The van der Waals surface area contributed by atoms with Crippen LogP contribution in [0.5, 0.6) is 0 Å². The molecule has 0 aromatic heterocycles. The van der Waals surface area contributed by atoms with Gasteiger partial charge in [-0.3, -0.25) is 0 Å². The monoisotopic (exact) mass is 834 g/mol. The van der Waals surface area contributed by atoms with Crippen molar-refractivity contribution < 1.29 is 104 Å². The highest BCUT2D eigenvalue weighted by Crippen LogP contribution is 2.59. The van der Waals surface area contributed by atoms with Gasteiger partial charge in [-0.25, -0.2) is 0 Å². The molecule has 0 atom stereocenters. The van der Waals surface area contributed by atoms with E-state index < -0.39 is 102 Å². The van der Waals surface area contributed by atoms with E-state index in [1.54, 1.807) is 0 Å². The number of hydrogen-bond donors (Lipinski definition) is 0. The molecule has 0 heterocycles. The quantitative estimate of drug-likeness (QED) is 0.106. The van der Waals surface area contributed by atoms with Gasteiger partial charge in [0.25, 0.3) is 0 Å². The predicted molar refractivity (Wildman–Crippen MR) is 139 cm³/mol. The molecule has 1 aliphatic rings. The van der Waals surface area contributed by atoms with Gasteiger partial charge in [-0.1, -0.05) is 50.3 Å². The van der Waals surface area contributed by atoms with E-state index in [4.69, 9.17) is 0 Å². The Morgan fingerprint density at radius 1 is 0.596 bits per heavy atom. The highest BCUT2D eigenvalue weighted by atomic mass is 32.2. The molecule has 1 aliphatic carbocycles.